The van der Waals surface area contributed by atoms with Crippen LogP contribution in [-0.2, 0) is 9.53 Å². The van der Waals surface area contributed by atoms with Crippen LogP contribution in [0, 0.1) is 11.3 Å². The summed E-state index contributed by atoms with van der Waals surface area (Å²) in [5.74, 6) is 0.332. The van der Waals surface area contributed by atoms with Gasteiger partial charge in [0.05, 0.1) is 6.10 Å². The molecule has 1 aromatic carbocycles. The number of nitrogens with one attached hydrogen (secondary N) is 1. The van der Waals surface area contributed by atoms with Gasteiger partial charge < -0.3 is 14.8 Å². The van der Waals surface area contributed by atoms with E-state index in [0.29, 0.717) is 18.9 Å². The highest BCUT2D eigenvalue weighted by Gasteiger charge is 2.17. The van der Waals surface area contributed by atoms with Gasteiger partial charge in [-0.2, -0.15) is 5.26 Å². The van der Waals surface area contributed by atoms with E-state index in [1.165, 1.54) is 0 Å². The summed E-state index contributed by atoms with van der Waals surface area (Å²) >= 11 is 0. The first kappa shape index (κ1) is 16.8. The molecule has 5 nitrogen and oxygen atoms in total. The molecule has 0 spiro atoms. The van der Waals surface area contributed by atoms with Gasteiger partial charge in [-0.15, -0.1) is 0 Å². The van der Waals surface area contributed by atoms with Crippen molar-refractivity contribution in [1.82, 2.24) is 5.32 Å². The first-order valence-electron chi connectivity index (χ1n) is 7.58. The molecule has 0 saturated carbocycles. The molecule has 0 aliphatic carbocycles. The molecular formula is C18H20N2O3. The van der Waals surface area contributed by atoms with Crippen LogP contribution in [0.2, 0.25) is 0 Å². The molecule has 23 heavy (non-hydrogen) atoms. The number of nitrogens with zero attached hydrogens (tertiary/aromatic N) is 1. The number of ether oxygens (including phenoxy) is 2. The standard InChI is InChI=1S/C18H20N2O3/c1-2-9-22-16-7-5-14(6-8-16)11-15(12-19)18(21)20-13-17-4-3-10-23-17/h2,5-8,11,17H,1,3-4,9-10,13H2,(H,20,21)/b15-11-/t17-/m1/s1. The third kappa shape index (κ3) is 5.28. The van der Waals surface area contributed by atoms with Gasteiger partial charge in [0.25, 0.3) is 5.91 Å². The molecular weight excluding hydrogens is 292 g/mol. The summed E-state index contributed by atoms with van der Waals surface area (Å²) in [6.07, 6.45) is 5.24. The van der Waals surface area contributed by atoms with E-state index < -0.39 is 0 Å². The van der Waals surface area contributed by atoms with E-state index in [9.17, 15) is 10.1 Å². The summed E-state index contributed by atoms with van der Waals surface area (Å²) in [7, 11) is 0. The maximum absolute atomic E-state index is 12.1. The van der Waals surface area contributed by atoms with Crippen LogP contribution < -0.4 is 10.1 Å². The van der Waals surface area contributed by atoms with Crippen molar-refractivity contribution in [2.45, 2.75) is 18.9 Å². The Bertz CT molecular complexity index is 608. The van der Waals surface area contributed by atoms with Crippen molar-refractivity contribution in [2.75, 3.05) is 19.8 Å². The topological polar surface area (TPSA) is 71.3 Å². The van der Waals surface area contributed by atoms with Gasteiger partial charge in [0, 0.05) is 13.2 Å². The smallest absolute Gasteiger partial charge is 0.262 e. The van der Waals surface area contributed by atoms with E-state index in [1.807, 2.05) is 6.07 Å². The lowest BCUT2D eigenvalue weighted by atomic mass is 10.1. The number of carbonyl (C=O) groups excluding carboxylic acids is 1. The Balaban J connectivity index is 1.95. The molecule has 1 fully saturated rings. The highest BCUT2D eigenvalue weighted by atomic mass is 16.5. The van der Waals surface area contributed by atoms with Crippen molar-refractivity contribution < 1.29 is 14.3 Å². The minimum absolute atomic E-state index is 0.0557. The summed E-state index contributed by atoms with van der Waals surface area (Å²) in [5.41, 5.74) is 0.836. The van der Waals surface area contributed by atoms with Crippen LogP contribution in [0.4, 0.5) is 0 Å². The van der Waals surface area contributed by atoms with Gasteiger partial charge in [0.15, 0.2) is 0 Å². The second kappa shape index (κ2) is 8.76. The molecule has 1 amide bonds. The van der Waals surface area contributed by atoms with E-state index >= 15 is 0 Å². The van der Waals surface area contributed by atoms with Crippen LogP contribution in [0.5, 0.6) is 5.75 Å². The van der Waals surface area contributed by atoms with Gasteiger partial charge in [-0.3, -0.25) is 4.79 Å². The van der Waals surface area contributed by atoms with Crippen LogP contribution >= 0.6 is 0 Å². The quantitative estimate of drug-likeness (QED) is 0.477. The molecule has 0 aromatic heterocycles. The van der Waals surface area contributed by atoms with E-state index in [2.05, 4.69) is 11.9 Å². The van der Waals surface area contributed by atoms with Gasteiger partial charge in [-0.1, -0.05) is 24.8 Å². The van der Waals surface area contributed by atoms with Gasteiger partial charge >= 0.3 is 0 Å². The normalized spacial score (nSPS) is 17.3. The fourth-order valence-corrected chi connectivity index (χ4v) is 2.24. The molecule has 0 radical (unpaired) electrons. The highest BCUT2D eigenvalue weighted by molar-refractivity contribution is 6.01. The van der Waals surface area contributed by atoms with Crippen molar-refractivity contribution in [3.8, 4) is 11.8 Å². The Kier molecular flexibility index (Phi) is 6.40. The van der Waals surface area contributed by atoms with Crippen LogP contribution in [0.15, 0.2) is 42.5 Å². The second-order valence-electron chi connectivity index (χ2n) is 5.18. The molecule has 0 unspecified atom stereocenters. The summed E-state index contributed by atoms with van der Waals surface area (Å²) in [5, 5.41) is 11.9. The van der Waals surface area contributed by atoms with Crippen molar-refractivity contribution in [3.63, 3.8) is 0 Å². The number of hydrogen-bond donors (Lipinski definition) is 1. The third-order valence-electron chi connectivity index (χ3n) is 3.44. The average Bonchev–Trinajstić information content (AvgIpc) is 3.10. The largest absolute Gasteiger partial charge is 0.490 e. The monoisotopic (exact) mass is 312 g/mol. The first-order valence-corrected chi connectivity index (χ1v) is 7.58. The Morgan fingerprint density at radius 2 is 2.26 bits per heavy atom. The van der Waals surface area contributed by atoms with Crippen LogP contribution in [0.3, 0.4) is 0 Å². The Morgan fingerprint density at radius 1 is 1.48 bits per heavy atom. The van der Waals surface area contributed by atoms with E-state index in [1.54, 1.807) is 36.4 Å². The molecule has 1 N–H and O–H groups in total. The zero-order valence-corrected chi connectivity index (χ0v) is 13.0. The SMILES string of the molecule is C=CCOc1ccc(/C=C(/C#N)C(=O)NC[C@H]2CCCO2)cc1. The van der Waals surface area contributed by atoms with Crippen LogP contribution in [0.25, 0.3) is 6.08 Å². The predicted octanol–water partition coefficient (Wildman–Crippen LogP) is 2.45. The molecule has 1 aliphatic rings. The Hall–Kier alpha value is -2.58. The fraction of sp³-hybridized carbons (Fsp3) is 0.333. The third-order valence-corrected chi connectivity index (χ3v) is 3.44. The molecule has 1 saturated heterocycles. The number of amides is 1. The number of benzene rings is 1. The first-order chi connectivity index (χ1) is 11.2. The zero-order chi connectivity index (χ0) is 16.5. The average molecular weight is 312 g/mol. The lowest BCUT2D eigenvalue weighted by Gasteiger charge is -2.10. The number of nitriles is 1. The number of rotatable bonds is 7. The maximum atomic E-state index is 12.1. The minimum Gasteiger partial charge on any atom is -0.490 e. The molecule has 1 aromatic rings. The van der Waals surface area contributed by atoms with Gasteiger partial charge in [-0.05, 0) is 36.6 Å². The summed E-state index contributed by atoms with van der Waals surface area (Å²) in [6, 6.07) is 9.10. The highest BCUT2D eigenvalue weighted by Crippen LogP contribution is 2.15. The van der Waals surface area contributed by atoms with E-state index in [0.717, 1.165) is 25.0 Å². The molecule has 120 valence electrons. The molecule has 1 heterocycles. The van der Waals surface area contributed by atoms with Crippen LogP contribution in [0.1, 0.15) is 18.4 Å². The van der Waals surface area contributed by atoms with Crippen molar-refractivity contribution in [3.05, 3.63) is 48.1 Å². The van der Waals surface area contributed by atoms with Crippen molar-refractivity contribution in [1.29, 1.82) is 5.26 Å². The Morgan fingerprint density at radius 3 is 2.87 bits per heavy atom. The summed E-state index contributed by atoms with van der Waals surface area (Å²) in [6.45, 7) is 5.19. The minimum atomic E-state index is -0.380. The van der Waals surface area contributed by atoms with Gasteiger partial charge in [0.2, 0.25) is 0 Å². The zero-order valence-electron chi connectivity index (χ0n) is 13.0. The van der Waals surface area contributed by atoms with Gasteiger partial charge in [-0.25, -0.2) is 0 Å². The molecule has 2 rings (SSSR count). The fourth-order valence-electron chi connectivity index (χ4n) is 2.24. The van der Waals surface area contributed by atoms with E-state index in [4.69, 9.17) is 9.47 Å². The molecule has 1 atom stereocenters. The van der Waals surface area contributed by atoms with Crippen molar-refractivity contribution >= 4 is 12.0 Å². The lowest BCUT2D eigenvalue weighted by molar-refractivity contribution is -0.117. The predicted molar refractivity (Wildman–Crippen MR) is 87.7 cm³/mol. The van der Waals surface area contributed by atoms with Crippen molar-refractivity contribution in [2.24, 2.45) is 0 Å². The van der Waals surface area contributed by atoms with E-state index in [-0.39, 0.29) is 17.6 Å². The molecule has 0 bridgehead atoms. The number of carbonyl (C=O) groups is 1. The molecule has 1 aliphatic heterocycles. The Labute approximate surface area is 136 Å². The van der Waals surface area contributed by atoms with Crippen LogP contribution in [-0.4, -0.2) is 31.8 Å². The van der Waals surface area contributed by atoms with Gasteiger partial charge in [0.1, 0.15) is 24.0 Å². The molecule has 5 heteroatoms. The second-order valence-corrected chi connectivity index (χ2v) is 5.18. The number of hydrogen-bond acceptors (Lipinski definition) is 4. The maximum Gasteiger partial charge on any atom is 0.262 e. The lowest BCUT2D eigenvalue weighted by Crippen LogP contribution is -2.32. The summed E-state index contributed by atoms with van der Waals surface area (Å²) in [4.78, 5) is 12.1. The summed E-state index contributed by atoms with van der Waals surface area (Å²) < 4.78 is 10.8.